The maximum absolute atomic E-state index is 12.0. The summed E-state index contributed by atoms with van der Waals surface area (Å²) < 4.78 is 5.40. The van der Waals surface area contributed by atoms with Crippen LogP contribution in [-0.4, -0.2) is 31.3 Å². The van der Waals surface area contributed by atoms with Gasteiger partial charge in [-0.15, -0.1) is 0 Å². The molecule has 1 aliphatic heterocycles. The summed E-state index contributed by atoms with van der Waals surface area (Å²) in [6, 6.07) is 17.0. The third kappa shape index (κ3) is 6.08. The van der Waals surface area contributed by atoms with Gasteiger partial charge < -0.3 is 9.64 Å². The van der Waals surface area contributed by atoms with Crippen LogP contribution in [0.2, 0.25) is 0 Å². The van der Waals surface area contributed by atoms with Crippen molar-refractivity contribution in [1.29, 1.82) is 5.26 Å². The van der Waals surface area contributed by atoms with E-state index in [1.54, 1.807) is 24.3 Å². The van der Waals surface area contributed by atoms with E-state index in [-0.39, 0.29) is 12.5 Å². The van der Waals surface area contributed by atoms with Crippen LogP contribution in [0.15, 0.2) is 53.6 Å². The number of nitriles is 1. The van der Waals surface area contributed by atoms with Crippen molar-refractivity contribution < 1.29 is 9.53 Å². The number of nitrogens with one attached hydrogen (secondary N) is 1. The highest BCUT2D eigenvalue weighted by molar-refractivity contribution is 5.99. The maximum Gasteiger partial charge on any atom is 0.277 e. The third-order valence-corrected chi connectivity index (χ3v) is 4.96. The summed E-state index contributed by atoms with van der Waals surface area (Å²) in [5, 5.41) is 13.0. The van der Waals surface area contributed by atoms with E-state index in [0.717, 1.165) is 24.4 Å². The lowest BCUT2D eigenvalue weighted by Crippen LogP contribution is -2.25. The van der Waals surface area contributed by atoms with Crippen LogP contribution in [0, 0.1) is 11.3 Å². The van der Waals surface area contributed by atoms with Gasteiger partial charge in [0.2, 0.25) is 0 Å². The second kappa shape index (κ2) is 10.3. The van der Waals surface area contributed by atoms with Crippen LogP contribution in [0.5, 0.6) is 5.75 Å². The minimum atomic E-state index is -0.338. The van der Waals surface area contributed by atoms with E-state index in [9.17, 15) is 4.79 Å². The normalized spacial score (nSPS) is 14.6. The van der Waals surface area contributed by atoms with Crippen molar-refractivity contribution in [2.45, 2.75) is 32.6 Å². The Morgan fingerprint density at radius 1 is 1.07 bits per heavy atom. The van der Waals surface area contributed by atoms with Gasteiger partial charge in [-0.05, 0) is 61.7 Å². The number of ether oxygens (including phenoxy) is 1. The first kappa shape index (κ1) is 20.4. The predicted octanol–water partition coefficient (Wildman–Crippen LogP) is 3.86. The number of nitrogens with zero attached hydrogens (tertiary/aromatic N) is 3. The minimum Gasteiger partial charge on any atom is -0.484 e. The zero-order valence-electron chi connectivity index (χ0n) is 16.7. The van der Waals surface area contributed by atoms with Gasteiger partial charge in [0.25, 0.3) is 5.91 Å². The Balaban J connectivity index is 1.50. The van der Waals surface area contributed by atoms with Gasteiger partial charge in [0.15, 0.2) is 6.61 Å². The first-order valence-corrected chi connectivity index (χ1v) is 9.97. The van der Waals surface area contributed by atoms with Crippen molar-refractivity contribution in [2.75, 3.05) is 24.6 Å². The topological polar surface area (TPSA) is 77.7 Å². The number of benzene rings is 2. The molecule has 0 unspecified atom stereocenters. The van der Waals surface area contributed by atoms with Crippen LogP contribution in [0.3, 0.4) is 0 Å². The Hall–Kier alpha value is -3.33. The van der Waals surface area contributed by atoms with Crippen molar-refractivity contribution in [3.63, 3.8) is 0 Å². The van der Waals surface area contributed by atoms with Crippen LogP contribution in [0.25, 0.3) is 0 Å². The van der Waals surface area contributed by atoms with Crippen LogP contribution < -0.4 is 15.1 Å². The predicted molar refractivity (Wildman–Crippen MR) is 114 cm³/mol. The average Bonchev–Trinajstić information content (AvgIpc) is 3.06. The fourth-order valence-corrected chi connectivity index (χ4v) is 3.26. The van der Waals surface area contributed by atoms with Gasteiger partial charge in [-0.1, -0.05) is 25.0 Å². The molecule has 0 aromatic heterocycles. The van der Waals surface area contributed by atoms with E-state index in [4.69, 9.17) is 10.00 Å². The highest BCUT2D eigenvalue weighted by Gasteiger charge is 2.10. The summed E-state index contributed by atoms with van der Waals surface area (Å²) >= 11 is 0. The molecule has 0 saturated carbocycles. The molecule has 0 radical (unpaired) electrons. The maximum atomic E-state index is 12.0. The van der Waals surface area contributed by atoms with Crippen LogP contribution in [-0.2, 0) is 4.79 Å². The van der Waals surface area contributed by atoms with Crippen LogP contribution in [0.1, 0.15) is 43.7 Å². The van der Waals surface area contributed by atoms with E-state index < -0.39 is 0 Å². The van der Waals surface area contributed by atoms with Crippen LogP contribution >= 0.6 is 0 Å². The molecule has 1 aliphatic rings. The molecule has 0 aliphatic carbocycles. The number of hydrogen-bond acceptors (Lipinski definition) is 5. The number of carbonyl (C=O) groups is 1. The molecule has 1 fully saturated rings. The fraction of sp³-hybridized carbons (Fsp3) is 0.348. The Bertz CT molecular complexity index is 875. The quantitative estimate of drug-likeness (QED) is 0.600. The number of rotatable bonds is 6. The van der Waals surface area contributed by atoms with Crippen LogP contribution in [0.4, 0.5) is 5.69 Å². The molecule has 29 heavy (non-hydrogen) atoms. The number of anilines is 1. The summed E-state index contributed by atoms with van der Waals surface area (Å²) in [4.78, 5) is 14.4. The second-order valence-corrected chi connectivity index (χ2v) is 7.11. The third-order valence-electron chi connectivity index (χ3n) is 4.96. The van der Waals surface area contributed by atoms with E-state index in [1.165, 1.54) is 31.4 Å². The largest absolute Gasteiger partial charge is 0.484 e. The molecular formula is C23H26N4O2. The molecule has 3 rings (SSSR count). The van der Waals surface area contributed by atoms with E-state index in [1.807, 2.05) is 25.1 Å². The SMILES string of the molecule is C/C(=N/NC(=O)COc1ccc(C#N)cc1)c1ccc(N2CCCCCC2)cc1. The van der Waals surface area contributed by atoms with Gasteiger partial charge in [-0.25, -0.2) is 5.43 Å². The van der Waals surface area contributed by atoms with Crippen molar-refractivity contribution in [2.24, 2.45) is 5.10 Å². The summed E-state index contributed by atoms with van der Waals surface area (Å²) in [5.74, 6) is 0.193. The molecule has 150 valence electrons. The molecule has 0 bridgehead atoms. The second-order valence-electron chi connectivity index (χ2n) is 7.11. The molecule has 1 saturated heterocycles. The highest BCUT2D eigenvalue weighted by atomic mass is 16.5. The van der Waals surface area contributed by atoms with Gasteiger partial charge in [-0.3, -0.25) is 4.79 Å². The molecule has 2 aromatic rings. The molecule has 1 N–H and O–H groups in total. The molecule has 2 aromatic carbocycles. The standard InChI is InChI=1S/C23H26N4O2/c1-18(20-8-10-21(11-9-20)27-14-4-2-3-5-15-27)25-26-23(28)17-29-22-12-6-19(16-24)7-13-22/h6-13H,2-5,14-15,17H2,1H3,(H,26,28)/b25-18-. The molecule has 1 amide bonds. The summed E-state index contributed by atoms with van der Waals surface area (Å²) in [6.07, 6.45) is 5.13. The average molecular weight is 390 g/mol. The zero-order chi connectivity index (χ0) is 20.5. The first-order chi connectivity index (χ1) is 14.2. The summed E-state index contributed by atoms with van der Waals surface area (Å²) in [7, 11) is 0. The molecular weight excluding hydrogens is 364 g/mol. The number of hydrogen-bond donors (Lipinski definition) is 1. The van der Waals surface area contributed by atoms with Gasteiger partial charge in [0.05, 0.1) is 17.3 Å². The van der Waals surface area contributed by atoms with E-state index >= 15 is 0 Å². The first-order valence-electron chi connectivity index (χ1n) is 9.97. The summed E-state index contributed by atoms with van der Waals surface area (Å²) in [6.45, 7) is 3.95. The van der Waals surface area contributed by atoms with E-state index in [0.29, 0.717) is 11.3 Å². The van der Waals surface area contributed by atoms with Crippen molar-refractivity contribution in [3.8, 4) is 11.8 Å². The number of carbonyl (C=O) groups excluding carboxylic acids is 1. The Kier molecular flexibility index (Phi) is 7.23. The summed E-state index contributed by atoms with van der Waals surface area (Å²) in [5.41, 5.74) is 6.01. The van der Waals surface area contributed by atoms with Gasteiger partial charge in [0.1, 0.15) is 5.75 Å². The van der Waals surface area contributed by atoms with Gasteiger partial charge in [0, 0.05) is 18.8 Å². The Morgan fingerprint density at radius 3 is 2.34 bits per heavy atom. The Labute approximate surface area is 171 Å². The smallest absolute Gasteiger partial charge is 0.277 e. The molecule has 6 nitrogen and oxygen atoms in total. The lowest BCUT2D eigenvalue weighted by molar-refractivity contribution is -0.123. The molecule has 0 atom stereocenters. The lowest BCUT2D eigenvalue weighted by Gasteiger charge is -2.22. The molecule has 0 spiro atoms. The highest BCUT2D eigenvalue weighted by Crippen LogP contribution is 2.20. The van der Waals surface area contributed by atoms with Crippen molar-refractivity contribution in [1.82, 2.24) is 5.43 Å². The zero-order valence-corrected chi connectivity index (χ0v) is 16.7. The minimum absolute atomic E-state index is 0.142. The van der Waals surface area contributed by atoms with Crippen molar-refractivity contribution in [3.05, 3.63) is 59.7 Å². The monoisotopic (exact) mass is 390 g/mol. The number of amides is 1. The van der Waals surface area contributed by atoms with E-state index in [2.05, 4.69) is 27.6 Å². The Morgan fingerprint density at radius 2 is 1.72 bits per heavy atom. The van der Waals surface area contributed by atoms with Gasteiger partial charge >= 0.3 is 0 Å². The fourth-order valence-electron chi connectivity index (χ4n) is 3.26. The van der Waals surface area contributed by atoms with Gasteiger partial charge in [-0.2, -0.15) is 10.4 Å². The number of hydrazone groups is 1. The van der Waals surface area contributed by atoms with Crippen molar-refractivity contribution >= 4 is 17.3 Å². The lowest BCUT2D eigenvalue weighted by atomic mass is 10.1. The molecule has 1 heterocycles. The molecule has 6 heteroatoms.